The summed E-state index contributed by atoms with van der Waals surface area (Å²) in [6.45, 7) is 0.832. The highest BCUT2D eigenvalue weighted by Crippen LogP contribution is 2.21. The Morgan fingerprint density at radius 2 is 1.80 bits per heavy atom. The first-order chi connectivity index (χ1) is 9.58. The van der Waals surface area contributed by atoms with E-state index in [4.69, 9.17) is 5.73 Å². The molecule has 4 heteroatoms. The summed E-state index contributed by atoms with van der Waals surface area (Å²) in [7, 11) is 1.84. The van der Waals surface area contributed by atoms with Gasteiger partial charge in [0.05, 0.1) is 6.10 Å². The highest BCUT2D eigenvalue weighted by atomic mass is 19.1. The number of likely N-dealkylation sites (N-methyl/N-ethyl adjacent to an activating group) is 1. The molecular weight excluding hydrogens is 255 g/mol. The summed E-state index contributed by atoms with van der Waals surface area (Å²) >= 11 is 0. The zero-order chi connectivity index (χ0) is 14.5. The second-order valence-electron chi connectivity index (χ2n) is 4.93. The van der Waals surface area contributed by atoms with Crippen molar-refractivity contribution in [1.82, 2.24) is 4.90 Å². The fourth-order valence-corrected chi connectivity index (χ4v) is 2.19. The maximum atomic E-state index is 13.6. The van der Waals surface area contributed by atoms with Crippen LogP contribution in [0.1, 0.15) is 17.2 Å². The maximum Gasteiger partial charge on any atom is 0.127 e. The Kier molecular flexibility index (Phi) is 4.71. The molecule has 0 radical (unpaired) electrons. The molecule has 1 atom stereocenters. The minimum Gasteiger partial charge on any atom is -0.398 e. The van der Waals surface area contributed by atoms with Gasteiger partial charge in [-0.3, -0.25) is 4.90 Å². The molecule has 0 fully saturated rings. The number of rotatable bonds is 5. The minimum atomic E-state index is -0.687. The Bertz CT molecular complexity index is 574. The molecule has 3 N–H and O–H groups in total. The summed E-state index contributed by atoms with van der Waals surface area (Å²) in [6, 6.07) is 13.9. The van der Waals surface area contributed by atoms with Crippen LogP contribution in [-0.4, -0.2) is 23.6 Å². The Balaban J connectivity index is 2.00. The number of nitrogen functional groups attached to an aromatic ring is 1. The van der Waals surface area contributed by atoms with Crippen molar-refractivity contribution < 1.29 is 9.50 Å². The molecule has 0 aliphatic heterocycles. The number of para-hydroxylation sites is 1. The number of nitrogens with zero attached hydrogens (tertiary/aromatic N) is 1. The number of aliphatic hydroxyl groups is 1. The van der Waals surface area contributed by atoms with E-state index < -0.39 is 6.10 Å². The summed E-state index contributed by atoms with van der Waals surface area (Å²) in [4.78, 5) is 1.87. The normalized spacial score (nSPS) is 12.6. The Morgan fingerprint density at radius 1 is 1.15 bits per heavy atom. The smallest absolute Gasteiger partial charge is 0.127 e. The maximum absolute atomic E-state index is 13.6. The number of benzene rings is 2. The third-order valence-electron chi connectivity index (χ3n) is 3.24. The number of nitrogens with two attached hydrogens (primary N) is 1. The first-order valence-corrected chi connectivity index (χ1v) is 6.52. The summed E-state index contributed by atoms with van der Waals surface area (Å²) in [5.74, 6) is -0.229. The van der Waals surface area contributed by atoms with Crippen LogP contribution in [0.25, 0.3) is 0 Å². The predicted octanol–water partition coefficient (Wildman–Crippen LogP) is 2.57. The van der Waals surface area contributed by atoms with Crippen molar-refractivity contribution in [3.8, 4) is 0 Å². The molecule has 0 saturated heterocycles. The first kappa shape index (κ1) is 14.5. The highest BCUT2D eigenvalue weighted by Gasteiger charge is 2.14. The summed E-state index contributed by atoms with van der Waals surface area (Å²) < 4.78 is 13.6. The van der Waals surface area contributed by atoms with Gasteiger partial charge in [-0.15, -0.1) is 0 Å². The van der Waals surface area contributed by atoms with E-state index in [1.54, 1.807) is 30.3 Å². The molecule has 20 heavy (non-hydrogen) atoms. The van der Waals surface area contributed by atoms with Crippen molar-refractivity contribution in [1.29, 1.82) is 0 Å². The molecule has 3 nitrogen and oxygen atoms in total. The topological polar surface area (TPSA) is 49.5 Å². The molecule has 1 unspecified atom stereocenters. The number of hydrogen-bond acceptors (Lipinski definition) is 3. The van der Waals surface area contributed by atoms with Crippen LogP contribution in [0, 0.1) is 5.82 Å². The van der Waals surface area contributed by atoms with Crippen LogP contribution < -0.4 is 5.73 Å². The zero-order valence-corrected chi connectivity index (χ0v) is 11.5. The van der Waals surface area contributed by atoms with Crippen LogP contribution in [0.4, 0.5) is 10.1 Å². The van der Waals surface area contributed by atoms with Crippen molar-refractivity contribution >= 4 is 5.69 Å². The number of halogens is 1. The second-order valence-corrected chi connectivity index (χ2v) is 4.93. The van der Waals surface area contributed by atoms with Crippen LogP contribution in [0.5, 0.6) is 0 Å². The molecule has 0 bridgehead atoms. The molecule has 0 aliphatic carbocycles. The molecule has 2 rings (SSSR count). The zero-order valence-electron chi connectivity index (χ0n) is 11.5. The van der Waals surface area contributed by atoms with E-state index in [-0.39, 0.29) is 5.82 Å². The van der Waals surface area contributed by atoms with Crippen molar-refractivity contribution in [3.63, 3.8) is 0 Å². The van der Waals surface area contributed by atoms with Crippen LogP contribution in [-0.2, 0) is 6.54 Å². The third-order valence-corrected chi connectivity index (χ3v) is 3.24. The van der Waals surface area contributed by atoms with Crippen LogP contribution in [0.2, 0.25) is 0 Å². The lowest BCUT2D eigenvalue weighted by molar-refractivity contribution is 0.124. The van der Waals surface area contributed by atoms with E-state index in [0.717, 1.165) is 0 Å². The fraction of sp³-hybridized carbons (Fsp3) is 0.250. The monoisotopic (exact) mass is 274 g/mol. The Morgan fingerprint density at radius 3 is 2.50 bits per heavy atom. The van der Waals surface area contributed by atoms with Gasteiger partial charge in [0, 0.05) is 29.9 Å². The van der Waals surface area contributed by atoms with Crippen molar-refractivity contribution in [2.45, 2.75) is 12.6 Å². The minimum absolute atomic E-state index is 0.229. The average Bonchev–Trinajstić information content (AvgIpc) is 2.41. The Labute approximate surface area is 118 Å². The fourth-order valence-electron chi connectivity index (χ4n) is 2.19. The largest absolute Gasteiger partial charge is 0.398 e. The molecule has 0 saturated carbocycles. The lowest BCUT2D eigenvalue weighted by Crippen LogP contribution is -2.25. The van der Waals surface area contributed by atoms with Gasteiger partial charge >= 0.3 is 0 Å². The first-order valence-electron chi connectivity index (χ1n) is 6.52. The number of aliphatic hydroxyl groups excluding tert-OH is 1. The van der Waals surface area contributed by atoms with E-state index in [0.29, 0.717) is 29.9 Å². The predicted molar refractivity (Wildman–Crippen MR) is 78.5 cm³/mol. The van der Waals surface area contributed by atoms with Gasteiger partial charge in [0.15, 0.2) is 0 Å². The van der Waals surface area contributed by atoms with E-state index in [1.807, 2.05) is 24.1 Å². The van der Waals surface area contributed by atoms with E-state index >= 15 is 0 Å². The summed E-state index contributed by atoms with van der Waals surface area (Å²) in [5.41, 5.74) is 7.72. The van der Waals surface area contributed by atoms with Gasteiger partial charge < -0.3 is 10.8 Å². The number of hydrogen-bond donors (Lipinski definition) is 2. The molecule has 0 aliphatic rings. The third kappa shape index (κ3) is 3.56. The lowest BCUT2D eigenvalue weighted by Gasteiger charge is -2.22. The van der Waals surface area contributed by atoms with Gasteiger partial charge in [0.2, 0.25) is 0 Å². The quantitative estimate of drug-likeness (QED) is 0.824. The van der Waals surface area contributed by atoms with Crippen molar-refractivity contribution in [2.75, 3.05) is 19.3 Å². The van der Waals surface area contributed by atoms with Gasteiger partial charge in [0.25, 0.3) is 0 Å². The van der Waals surface area contributed by atoms with Gasteiger partial charge in [-0.05, 0) is 19.2 Å². The van der Waals surface area contributed by atoms with Gasteiger partial charge in [-0.25, -0.2) is 4.39 Å². The van der Waals surface area contributed by atoms with Gasteiger partial charge in [-0.2, -0.15) is 0 Å². The molecular formula is C16H19FN2O. The van der Waals surface area contributed by atoms with E-state index in [2.05, 4.69) is 0 Å². The Hall–Kier alpha value is -1.91. The molecule has 2 aromatic rings. The van der Waals surface area contributed by atoms with Gasteiger partial charge in [0.1, 0.15) is 5.82 Å². The van der Waals surface area contributed by atoms with E-state index in [1.165, 1.54) is 6.07 Å². The standard InChI is InChI=1S/C16H19FN2O/c1-19(10-12-6-2-4-8-14(12)17)11-16(20)13-7-3-5-9-15(13)18/h2-9,16,20H,10-11,18H2,1H3. The molecule has 0 amide bonds. The summed E-state index contributed by atoms with van der Waals surface area (Å²) in [6.07, 6.45) is -0.687. The van der Waals surface area contributed by atoms with Gasteiger partial charge in [-0.1, -0.05) is 36.4 Å². The van der Waals surface area contributed by atoms with Crippen LogP contribution in [0.15, 0.2) is 48.5 Å². The molecule has 0 spiro atoms. The lowest BCUT2D eigenvalue weighted by atomic mass is 10.1. The van der Waals surface area contributed by atoms with Crippen LogP contribution in [0.3, 0.4) is 0 Å². The van der Waals surface area contributed by atoms with Crippen molar-refractivity contribution in [2.24, 2.45) is 0 Å². The van der Waals surface area contributed by atoms with Crippen molar-refractivity contribution in [3.05, 3.63) is 65.5 Å². The van der Waals surface area contributed by atoms with Crippen LogP contribution >= 0.6 is 0 Å². The number of anilines is 1. The molecule has 0 heterocycles. The molecule has 0 aromatic heterocycles. The van der Waals surface area contributed by atoms with E-state index in [9.17, 15) is 9.50 Å². The molecule has 2 aromatic carbocycles. The average molecular weight is 274 g/mol. The highest BCUT2D eigenvalue weighted by molar-refractivity contribution is 5.47. The second kappa shape index (κ2) is 6.50. The summed E-state index contributed by atoms with van der Waals surface area (Å²) in [5, 5.41) is 10.2. The SMILES string of the molecule is CN(Cc1ccccc1F)CC(O)c1ccccc1N. The molecule has 106 valence electrons.